The number of likely N-dealkylation sites (tertiary alicyclic amines) is 2. The summed E-state index contributed by atoms with van der Waals surface area (Å²) in [5.41, 5.74) is 1.35. The maximum Gasteiger partial charge on any atom is 0.255 e. The third-order valence-electron chi connectivity index (χ3n) is 6.72. The normalized spacial score (nSPS) is 23.2. The third kappa shape index (κ3) is 3.24. The van der Waals surface area contributed by atoms with Crippen LogP contribution in [0.4, 0.5) is 0 Å². The van der Waals surface area contributed by atoms with Crippen LogP contribution < -0.4 is 0 Å². The van der Waals surface area contributed by atoms with Gasteiger partial charge in [-0.25, -0.2) is 0 Å². The van der Waals surface area contributed by atoms with E-state index in [2.05, 4.69) is 9.88 Å². The number of aromatic nitrogens is 1. The zero-order valence-electron chi connectivity index (χ0n) is 15.7. The van der Waals surface area contributed by atoms with Crippen molar-refractivity contribution >= 4 is 11.8 Å². The molecule has 0 bridgehead atoms. The van der Waals surface area contributed by atoms with Gasteiger partial charge in [0.25, 0.3) is 5.91 Å². The van der Waals surface area contributed by atoms with Crippen LogP contribution in [0.2, 0.25) is 0 Å². The monoisotopic (exact) mass is 355 g/mol. The molecule has 1 aromatic rings. The van der Waals surface area contributed by atoms with Crippen molar-refractivity contribution in [3.63, 3.8) is 0 Å². The summed E-state index contributed by atoms with van der Waals surface area (Å²) >= 11 is 0. The van der Waals surface area contributed by atoms with Crippen LogP contribution in [0.1, 0.15) is 61.0 Å². The van der Waals surface area contributed by atoms with Crippen LogP contribution in [0, 0.1) is 18.3 Å². The van der Waals surface area contributed by atoms with Crippen molar-refractivity contribution in [3.8, 4) is 0 Å². The molecule has 0 aromatic carbocycles. The third-order valence-corrected chi connectivity index (χ3v) is 6.72. The van der Waals surface area contributed by atoms with E-state index in [1.54, 1.807) is 6.20 Å². The molecule has 0 unspecified atom stereocenters. The lowest BCUT2D eigenvalue weighted by Crippen LogP contribution is -2.47. The predicted molar refractivity (Wildman–Crippen MR) is 99.7 cm³/mol. The van der Waals surface area contributed by atoms with Crippen molar-refractivity contribution in [3.05, 3.63) is 29.6 Å². The van der Waals surface area contributed by atoms with E-state index in [0.29, 0.717) is 30.5 Å². The minimum atomic E-state index is -0.207. The van der Waals surface area contributed by atoms with Crippen LogP contribution in [0.5, 0.6) is 0 Å². The lowest BCUT2D eigenvalue weighted by molar-refractivity contribution is -0.138. The number of rotatable bonds is 3. The first-order chi connectivity index (χ1) is 12.6. The van der Waals surface area contributed by atoms with Gasteiger partial charge in [-0.05, 0) is 57.1 Å². The molecule has 3 aliphatic rings. The highest BCUT2D eigenvalue weighted by Crippen LogP contribution is 2.42. The first-order valence-corrected chi connectivity index (χ1v) is 10.1. The van der Waals surface area contributed by atoms with E-state index < -0.39 is 0 Å². The largest absolute Gasteiger partial charge is 0.342 e. The second-order valence-electron chi connectivity index (χ2n) is 8.41. The molecule has 3 fully saturated rings. The SMILES string of the molecule is Cc1ccc(C(=O)N2CCC3(CC2)CCN(CC2CCCC2)C3=O)cn1. The van der Waals surface area contributed by atoms with Crippen molar-refractivity contribution < 1.29 is 9.59 Å². The number of hydrogen-bond donors (Lipinski definition) is 0. The molecule has 5 nitrogen and oxygen atoms in total. The molecule has 26 heavy (non-hydrogen) atoms. The number of nitrogens with zero attached hydrogens (tertiary/aromatic N) is 3. The number of hydrogen-bond acceptors (Lipinski definition) is 3. The minimum absolute atomic E-state index is 0.0422. The summed E-state index contributed by atoms with van der Waals surface area (Å²) in [5.74, 6) is 1.11. The number of aryl methyl sites for hydroxylation is 1. The molecule has 1 saturated carbocycles. The average Bonchev–Trinajstić information content (AvgIpc) is 3.27. The molecule has 0 atom stereocenters. The fourth-order valence-corrected chi connectivity index (χ4v) is 4.95. The van der Waals surface area contributed by atoms with Crippen molar-refractivity contribution in [2.24, 2.45) is 11.3 Å². The quantitative estimate of drug-likeness (QED) is 0.837. The van der Waals surface area contributed by atoms with Gasteiger partial charge in [-0.3, -0.25) is 14.6 Å². The Bertz CT molecular complexity index is 671. The van der Waals surface area contributed by atoms with E-state index in [0.717, 1.165) is 38.0 Å². The lowest BCUT2D eigenvalue weighted by Gasteiger charge is -2.38. The van der Waals surface area contributed by atoms with Crippen LogP contribution in [0.3, 0.4) is 0 Å². The van der Waals surface area contributed by atoms with Crippen LogP contribution in [-0.2, 0) is 4.79 Å². The predicted octanol–water partition coefficient (Wildman–Crippen LogP) is 3.03. The van der Waals surface area contributed by atoms with Crippen LogP contribution >= 0.6 is 0 Å². The van der Waals surface area contributed by atoms with Gasteiger partial charge in [0.15, 0.2) is 0 Å². The van der Waals surface area contributed by atoms with E-state index in [-0.39, 0.29) is 11.3 Å². The van der Waals surface area contributed by atoms with Crippen molar-refractivity contribution in [2.45, 2.75) is 51.9 Å². The Balaban J connectivity index is 1.36. The van der Waals surface area contributed by atoms with E-state index in [9.17, 15) is 9.59 Å². The molecule has 0 N–H and O–H groups in total. The van der Waals surface area contributed by atoms with Gasteiger partial charge in [-0.2, -0.15) is 0 Å². The van der Waals surface area contributed by atoms with Gasteiger partial charge >= 0.3 is 0 Å². The number of carbonyl (C=O) groups excluding carboxylic acids is 2. The minimum Gasteiger partial charge on any atom is -0.342 e. The van der Waals surface area contributed by atoms with Gasteiger partial charge in [-0.1, -0.05) is 12.8 Å². The standard InChI is InChI=1S/C21H29N3O2/c1-16-6-7-18(14-22-16)19(25)23-11-8-21(9-12-23)10-13-24(20(21)26)15-17-4-2-3-5-17/h6-7,14,17H,2-5,8-13,15H2,1H3. The van der Waals surface area contributed by atoms with Gasteiger partial charge in [0, 0.05) is 38.1 Å². The Hall–Kier alpha value is -1.91. The van der Waals surface area contributed by atoms with Gasteiger partial charge in [0.2, 0.25) is 5.91 Å². The second-order valence-corrected chi connectivity index (χ2v) is 8.41. The van der Waals surface area contributed by atoms with Crippen LogP contribution in [0.15, 0.2) is 18.3 Å². The molecule has 1 spiro atoms. The summed E-state index contributed by atoms with van der Waals surface area (Å²) < 4.78 is 0. The molecular weight excluding hydrogens is 326 g/mol. The van der Waals surface area contributed by atoms with Crippen molar-refractivity contribution in [2.75, 3.05) is 26.2 Å². The number of pyridine rings is 1. The maximum absolute atomic E-state index is 13.1. The number of carbonyl (C=O) groups is 2. The Morgan fingerprint density at radius 2 is 1.85 bits per heavy atom. The van der Waals surface area contributed by atoms with Crippen molar-refractivity contribution in [1.82, 2.24) is 14.8 Å². The van der Waals surface area contributed by atoms with Crippen LogP contribution in [0.25, 0.3) is 0 Å². The van der Waals surface area contributed by atoms with Crippen molar-refractivity contribution in [1.29, 1.82) is 0 Å². The number of amides is 2. The summed E-state index contributed by atoms with van der Waals surface area (Å²) in [5, 5.41) is 0. The molecule has 4 rings (SSSR count). The fourth-order valence-electron chi connectivity index (χ4n) is 4.95. The molecule has 0 radical (unpaired) electrons. The average molecular weight is 355 g/mol. The Kier molecular flexibility index (Phi) is 4.72. The molecule has 1 aromatic heterocycles. The summed E-state index contributed by atoms with van der Waals surface area (Å²) in [6.07, 6.45) is 9.44. The molecule has 2 amide bonds. The highest BCUT2D eigenvalue weighted by Gasteiger charge is 2.48. The molecule has 2 aliphatic heterocycles. The molecule has 1 aliphatic carbocycles. The summed E-state index contributed by atoms with van der Waals surface area (Å²) in [6, 6.07) is 3.72. The fraction of sp³-hybridized carbons (Fsp3) is 0.667. The highest BCUT2D eigenvalue weighted by molar-refractivity contribution is 5.94. The summed E-state index contributed by atoms with van der Waals surface area (Å²) in [4.78, 5) is 34.0. The van der Waals surface area contributed by atoms with Gasteiger partial charge < -0.3 is 9.80 Å². The van der Waals surface area contributed by atoms with Gasteiger partial charge in [0.05, 0.1) is 11.0 Å². The lowest BCUT2D eigenvalue weighted by atomic mass is 9.77. The summed E-state index contributed by atoms with van der Waals surface area (Å²) in [6.45, 7) is 5.14. The maximum atomic E-state index is 13.1. The van der Waals surface area contributed by atoms with Gasteiger partial charge in [-0.15, -0.1) is 0 Å². The summed E-state index contributed by atoms with van der Waals surface area (Å²) in [7, 11) is 0. The zero-order valence-corrected chi connectivity index (χ0v) is 15.7. The molecule has 2 saturated heterocycles. The Labute approximate surface area is 155 Å². The number of piperidine rings is 1. The highest BCUT2D eigenvalue weighted by atomic mass is 16.2. The zero-order chi connectivity index (χ0) is 18.1. The Morgan fingerprint density at radius 1 is 1.15 bits per heavy atom. The molecule has 5 heteroatoms. The van der Waals surface area contributed by atoms with E-state index in [4.69, 9.17) is 0 Å². The first kappa shape index (κ1) is 17.5. The first-order valence-electron chi connectivity index (χ1n) is 10.1. The second kappa shape index (κ2) is 7.01. The van der Waals surface area contributed by atoms with E-state index in [1.807, 2.05) is 24.0 Å². The van der Waals surface area contributed by atoms with E-state index in [1.165, 1.54) is 25.7 Å². The molecule has 140 valence electrons. The molecule has 3 heterocycles. The Morgan fingerprint density at radius 3 is 2.50 bits per heavy atom. The molecular formula is C21H29N3O2. The smallest absolute Gasteiger partial charge is 0.255 e. The van der Waals surface area contributed by atoms with Gasteiger partial charge in [0.1, 0.15) is 0 Å². The topological polar surface area (TPSA) is 53.5 Å². The van der Waals surface area contributed by atoms with E-state index >= 15 is 0 Å². The van der Waals surface area contributed by atoms with Crippen LogP contribution in [-0.4, -0.2) is 52.8 Å².